The summed E-state index contributed by atoms with van der Waals surface area (Å²) in [7, 11) is 3.80. The summed E-state index contributed by atoms with van der Waals surface area (Å²) in [6.45, 7) is 4.51. The van der Waals surface area contributed by atoms with Crippen molar-refractivity contribution >= 4 is 17.1 Å². The van der Waals surface area contributed by atoms with Crippen molar-refractivity contribution in [1.82, 2.24) is 9.88 Å². The van der Waals surface area contributed by atoms with Crippen molar-refractivity contribution < 1.29 is 4.79 Å². The smallest absolute Gasteiger partial charge is 0.153 e. The van der Waals surface area contributed by atoms with Crippen molar-refractivity contribution in [3.63, 3.8) is 0 Å². The van der Waals surface area contributed by atoms with Crippen molar-refractivity contribution in [3.05, 3.63) is 15.6 Å². The Morgan fingerprint density at radius 3 is 2.50 bits per heavy atom. The molecule has 0 spiro atoms. The predicted molar refractivity (Wildman–Crippen MR) is 58.9 cm³/mol. The van der Waals surface area contributed by atoms with E-state index in [0.29, 0.717) is 13.0 Å². The van der Waals surface area contributed by atoms with Crippen LogP contribution in [0.2, 0.25) is 0 Å². The zero-order chi connectivity index (χ0) is 10.7. The van der Waals surface area contributed by atoms with Crippen molar-refractivity contribution in [1.29, 1.82) is 0 Å². The van der Waals surface area contributed by atoms with E-state index in [2.05, 4.69) is 4.98 Å². The number of aromatic nitrogens is 1. The van der Waals surface area contributed by atoms with Crippen molar-refractivity contribution in [2.45, 2.75) is 20.3 Å². The van der Waals surface area contributed by atoms with Gasteiger partial charge in [-0.1, -0.05) is 0 Å². The second kappa shape index (κ2) is 4.66. The Kier molecular flexibility index (Phi) is 3.77. The number of thiazole rings is 1. The quantitative estimate of drug-likeness (QED) is 0.757. The molecular formula is C10H16N2OS. The molecule has 1 aromatic rings. The molecule has 0 aliphatic heterocycles. The molecule has 0 aliphatic rings. The van der Waals surface area contributed by atoms with Gasteiger partial charge in [-0.15, -0.1) is 11.3 Å². The molecule has 0 aliphatic carbocycles. The van der Waals surface area contributed by atoms with Crippen LogP contribution in [0.5, 0.6) is 0 Å². The summed E-state index contributed by atoms with van der Waals surface area (Å²) in [5.41, 5.74) is 1.04. The molecule has 0 atom stereocenters. The lowest BCUT2D eigenvalue weighted by Gasteiger charge is -2.06. The third-order valence-electron chi connectivity index (χ3n) is 1.91. The van der Waals surface area contributed by atoms with Gasteiger partial charge in [0.1, 0.15) is 5.01 Å². The highest BCUT2D eigenvalue weighted by Crippen LogP contribution is 2.16. The standard InChI is InChI=1S/C10H16N2OS/c1-7-8(2)14-10(11-7)5-9(13)6-12(3)4/h5-6H2,1-4H3. The minimum atomic E-state index is 0.226. The fraction of sp³-hybridized carbons (Fsp3) is 0.600. The maximum Gasteiger partial charge on any atom is 0.153 e. The van der Waals surface area contributed by atoms with Crippen LogP contribution < -0.4 is 0 Å². The highest BCUT2D eigenvalue weighted by Gasteiger charge is 2.09. The molecule has 3 nitrogen and oxygen atoms in total. The number of likely N-dealkylation sites (N-methyl/N-ethyl adjacent to an activating group) is 1. The molecule has 0 bridgehead atoms. The monoisotopic (exact) mass is 212 g/mol. The second-order valence-electron chi connectivity index (χ2n) is 3.70. The average molecular weight is 212 g/mol. The molecule has 1 heterocycles. The van der Waals surface area contributed by atoms with E-state index in [0.717, 1.165) is 10.7 Å². The molecule has 78 valence electrons. The average Bonchev–Trinajstić information content (AvgIpc) is 2.28. The Labute approximate surface area is 88.8 Å². The molecule has 0 amide bonds. The van der Waals surface area contributed by atoms with Gasteiger partial charge in [0, 0.05) is 4.88 Å². The molecule has 0 radical (unpaired) electrons. The SMILES string of the molecule is Cc1nc(CC(=O)CN(C)C)sc1C. The van der Waals surface area contributed by atoms with Crippen LogP contribution in [-0.2, 0) is 11.2 Å². The van der Waals surface area contributed by atoms with Gasteiger partial charge < -0.3 is 4.90 Å². The van der Waals surface area contributed by atoms with E-state index in [1.807, 2.05) is 32.8 Å². The highest BCUT2D eigenvalue weighted by molar-refractivity contribution is 7.11. The number of Topliss-reactive ketones (excluding diaryl/α,β-unsaturated/α-hetero) is 1. The predicted octanol–water partition coefficient (Wildman–Crippen LogP) is 1.43. The summed E-state index contributed by atoms with van der Waals surface area (Å²) in [6.07, 6.45) is 0.470. The zero-order valence-electron chi connectivity index (χ0n) is 9.13. The number of ketones is 1. The summed E-state index contributed by atoms with van der Waals surface area (Å²) in [5.74, 6) is 0.226. The van der Waals surface area contributed by atoms with Gasteiger partial charge in [-0.3, -0.25) is 4.79 Å². The molecule has 1 aromatic heterocycles. The summed E-state index contributed by atoms with van der Waals surface area (Å²) >= 11 is 1.62. The minimum Gasteiger partial charge on any atom is -0.302 e. The number of rotatable bonds is 4. The molecular weight excluding hydrogens is 196 g/mol. The first-order valence-electron chi connectivity index (χ1n) is 4.58. The molecule has 0 fully saturated rings. The van der Waals surface area contributed by atoms with E-state index in [-0.39, 0.29) is 5.78 Å². The number of hydrogen-bond acceptors (Lipinski definition) is 4. The van der Waals surface area contributed by atoms with Crippen LogP contribution in [0, 0.1) is 13.8 Å². The Morgan fingerprint density at radius 2 is 2.07 bits per heavy atom. The number of carbonyl (C=O) groups excluding carboxylic acids is 1. The van der Waals surface area contributed by atoms with Gasteiger partial charge >= 0.3 is 0 Å². The summed E-state index contributed by atoms with van der Waals surface area (Å²) in [6, 6.07) is 0. The maximum atomic E-state index is 11.5. The first kappa shape index (κ1) is 11.3. The molecule has 0 saturated heterocycles. The van der Waals surface area contributed by atoms with Crippen LogP contribution in [0.1, 0.15) is 15.6 Å². The Hall–Kier alpha value is -0.740. The Bertz CT molecular complexity index is 311. The molecule has 1 rings (SSSR count). The molecule has 0 aromatic carbocycles. The largest absolute Gasteiger partial charge is 0.302 e. The number of carbonyl (C=O) groups is 1. The second-order valence-corrected chi connectivity index (χ2v) is 4.99. The van der Waals surface area contributed by atoms with E-state index >= 15 is 0 Å². The normalized spacial score (nSPS) is 10.9. The molecule has 0 saturated carbocycles. The fourth-order valence-electron chi connectivity index (χ4n) is 1.19. The summed E-state index contributed by atoms with van der Waals surface area (Å²) in [4.78, 5) is 18.9. The van der Waals surface area contributed by atoms with Gasteiger partial charge in [-0.2, -0.15) is 0 Å². The first-order valence-corrected chi connectivity index (χ1v) is 5.40. The van der Waals surface area contributed by atoms with Crippen molar-refractivity contribution in [3.8, 4) is 0 Å². The van der Waals surface area contributed by atoms with E-state index in [1.165, 1.54) is 4.88 Å². The van der Waals surface area contributed by atoms with Crippen molar-refractivity contribution in [2.75, 3.05) is 20.6 Å². The molecule has 4 heteroatoms. The Morgan fingerprint density at radius 1 is 1.43 bits per heavy atom. The van der Waals surface area contributed by atoms with Gasteiger partial charge in [0.15, 0.2) is 5.78 Å². The van der Waals surface area contributed by atoms with E-state index in [9.17, 15) is 4.79 Å². The molecule has 0 N–H and O–H groups in total. The topological polar surface area (TPSA) is 33.2 Å². The highest BCUT2D eigenvalue weighted by atomic mass is 32.1. The first-order chi connectivity index (χ1) is 6.49. The summed E-state index contributed by atoms with van der Waals surface area (Å²) < 4.78 is 0. The molecule has 0 unspecified atom stereocenters. The van der Waals surface area contributed by atoms with Gasteiger partial charge in [-0.05, 0) is 27.9 Å². The van der Waals surface area contributed by atoms with E-state index < -0.39 is 0 Å². The van der Waals surface area contributed by atoms with E-state index in [1.54, 1.807) is 11.3 Å². The van der Waals surface area contributed by atoms with Crippen LogP contribution >= 0.6 is 11.3 Å². The number of aryl methyl sites for hydroxylation is 2. The lowest BCUT2D eigenvalue weighted by molar-refractivity contribution is -0.119. The third kappa shape index (κ3) is 3.20. The van der Waals surface area contributed by atoms with Crippen LogP contribution in [0.4, 0.5) is 0 Å². The van der Waals surface area contributed by atoms with Gasteiger partial charge in [0.25, 0.3) is 0 Å². The third-order valence-corrected chi connectivity index (χ3v) is 2.99. The summed E-state index contributed by atoms with van der Waals surface area (Å²) in [5, 5.41) is 0.937. The van der Waals surface area contributed by atoms with E-state index in [4.69, 9.17) is 0 Å². The lowest BCUT2D eigenvalue weighted by Crippen LogP contribution is -2.22. The van der Waals surface area contributed by atoms with Crippen LogP contribution in [0.15, 0.2) is 0 Å². The lowest BCUT2D eigenvalue weighted by atomic mass is 10.3. The van der Waals surface area contributed by atoms with Crippen LogP contribution in [-0.4, -0.2) is 36.3 Å². The number of hydrogen-bond donors (Lipinski definition) is 0. The number of nitrogens with zero attached hydrogens (tertiary/aromatic N) is 2. The minimum absolute atomic E-state index is 0.226. The van der Waals surface area contributed by atoms with Gasteiger partial charge in [0.2, 0.25) is 0 Å². The fourth-order valence-corrected chi connectivity index (χ4v) is 2.15. The van der Waals surface area contributed by atoms with Crippen LogP contribution in [0.3, 0.4) is 0 Å². The zero-order valence-corrected chi connectivity index (χ0v) is 9.94. The van der Waals surface area contributed by atoms with Crippen LogP contribution in [0.25, 0.3) is 0 Å². The maximum absolute atomic E-state index is 11.5. The molecule has 14 heavy (non-hydrogen) atoms. The van der Waals surface area contributed by atoms with Gasteiger partial charge in [0.05, 0.1) is 18.7 Å². The van der Waals surface area contributed by atoms with Crippen molar-refractivity contribution in [2.24, 2.45) is 0 Å². The Balaban J connectivity index is 2.56. The van der Waals surface area contributed by atoms with Gasteiger partial charge in [-0.25, -0.2) is 4.98 Å².